The zero-order chi connectivity index (χ0) is 24.9. The zero-order valence-electron chi connectivity index (χ0n) is 19.3. The zero-order valence-corrected chi connectivity index (χ0v) is 21.8. The number of thioether (sulfide) groups is 1. The number of benzene rings is 1. The monoisotopic (exact) mass is 522 g/mol. The van der Waals surface area contributed by atoms with Gasteiger partial charge in [0.1, 0.15) is 16.6 Å². The Bertz CT molecular complexity index is 1280. The molecule has 34 heavy (non-hydrogen) atoms. The number of anilines is 1. The third-order valence-corrected chi connectivity index (χ3v) is 8.70. The summed E-state index contributed by atoms with van der Waals surface area (Å²) in [5.41, 5.74) is 1.15. The maximum atomic E-state index is 12.7. The fourth-order valence-corrected chi connectivity index (χ4v) is 6.37. The molecule has 9 nitrogen and oxygen atoms in total. The van der Waals surface area contributed by atoms with E-state index in [-0.39, 0.29) is 28.9 Å². The van der Waals surface area contributed by atoms with E-state index in [2.05, 4.69) is 15.5 Å². The Morgan fingerprint density at radius 3 is 2.50 bits per heavy atom. The Kier molecular flexibility index (Phi) is 8.50. The van der Waals surface area contributed by atoms with E-state index in [1.807, 2.05) is 20.8 Å². The first kappa shape index (κ1) is 25.9. The van der Waals surface area contributed by atoms with Gasteiger partial charge >= 0.3 is 5.97 Å². The molecule has 1 N–H and O–H groups in total. The quantitative estimate of drug-likeness (QED) is 0.315. The molecular formula is C22H26N4O5S3. The third-order valence-electron chi connectivity index (χ3n) is 4.98. The first-order valence-electron chi connectivity index (χ1n) is 10.6. The highest BCUT2D eigenvalue weighted by atomic mass is 32.2. The van der Waals surface area contributed by atoms with Gasteiger partial charge in [0, 0.05) is 11.4 Å². The fraction of sp³-hybridized carbons (Fsp3) is 0.364. The lowest BCUT2D eigenvalue weighted by atomic mass is 10.1. The number of aryl methyl sites for hydroxylation is 1. The van der Waals surface area contributed by atoms with Crippen molar-refractivity contribution >= 4 is 49.8 Å². The van der Waals surface area contributed by atoms with Crippen molar-refractivity contribution in [2.24, 2.45) is 0 Å². The molecule has 0 saturated carbocycles. The molecule has 0 atom stereocenters. The summed E-state index contributed by atoms with van der Waals surface area (Å²) in [5.74, 6) is -0.755. The second kappa shape index (κ2) is 11.2. The molecule has 0 spiro atoms. The maximum absolute atomic E-state index is 12.7. The van der Waals surface area contributed by atoms with Crippen LogP contribution >= 0.6 is 23.1 Å². The second-order valence-electron chi connectivity index (χ2n) is 7.26. The van der Waals surface area contributed by atoms with Crippen LogP contribution in [0.3, 0.4) is 0 Å². The van der Waals surface area contributed by atoms with Crippen LogP contribution in [0.25, 0.3) is 0 Å². The van der Waals surface area contributed by atoms with E-state index in [0.717, 1.165) is 22.2 Å². The van der Waals surface area contributed by atoms with Crippen LogP contribution in [-0.2, 0) is 31.7 Å². The molecule has 0 fully saturated rings. The highest BCUT2D eigenvalue weighted by molar-refractivity contribution is 7.99. The summed E-state index contributed by atoms with van der Waals surface area (Å²) < 4.78 is 32.2. The van der Waals surface area contributed by atoms with Gasteiger partial charge < -0.3 is 14.6 Å². The number of carbonyl (C=O) groups excluding carboxylic acids is 2. The summed E-state index contributed by atoms with van der Waals surface area (Å²) in [5, 5.41) is 11.8. The van der Waals surface area contributed by atoms with E-state index < -0.39 is 15.8 Å². The van der Waals surface area contributed by atoms with Gasteiger partial charge in [-0.15, -0.1) is 21.5 Å². The number of nitrogens with zero attached hydrogens (tertiary/aromatic N) is 3. The number of carbonyl (C=O) groups is 2. The second-order valence-corrected chi connectivity index (χ2v) is 11.4. The number of thiophene rings is 1. The number of esters is 1. The van der Waals surface area contributed by atoms with Crippen LogP contribution in [0.5, 0.6) is 0 Å². The van der Waals surface area contributed by atoms with Crippen LogP contribution in [0.1, 0.15) is 40.5 Å². The average Bonchev–Trinajstić information content (AvgIpc) is 3.31. The van der Waals surface area contributed by atoms with E-state index >= 15 is 0 Å². The van der Waals surface area contributed by atoms with Crippen molar-refractivity contribution in [1.82, 2.24) is 14.8 Å². The highest BCUT2D eigenvalue weighted by Gasteiger charge is 2.24. The van der Waals surface area contributed by atoms with E-state index in [4.69, 9.17) is 4.74 Å². The lowest BCUT2D eigenvalue weighted by Gasteiger charge is -2.09. The van der Waals surface area contributed by atoms with Gasteiger partial charge in [-0.2, -0.15) is 0 Å². The van der Waals surface area contributed by atoms with Gasteiger partial charge in [0.25, 0.3) is 0 Å². The van der Waals surface area contributed by atoms with E-state index in [1.165, 1.54) is 11.3 Å². The molecule has 0 aliphatic rings. The van der Waals surface area contributed by atoms with E-state index in [0.29, 0.717) is 28.1 Å². The minimum atomic E-state index is -3.58. The molecule has 3 aromatic rings. The Balaban J connectivity index is 1.70. The number of hydrogen-bond donors (Lipinski definition) is 1. The molecule has 0 unspecified atom stereocenters. The van der Waals surface area contributed by atoms with Crippen LogP contribution in [0.4, 0.5) is 5.00 Å². The number of aromatic nitrogens is 3. The van der Waals surface area contributed by atoms with Crippen molar-refractivity contribution in [3.05, 3.63) is 52.2 Å². The molecule has 0 saturated heterocycles. The molecule has 0 radical (unpaired) electrons. The largest absolute Gasteiger partial charge is 0.462 e. The fourth-order valence-electron chi connectivity index (χ4n) is 3.19. The molecule has 182 valence electrons. The number of sulfone groups is 1. The minimum Gasteiger partial charge on any atom is -0.462 e. The third kappa shape index (κ3) is 5.86. The molecule has 3 rings (SSSR count). The Labute approximate surface area is 206 Å². The van der Waals surface area contributed by atoms with Gasteiger partial charge in [-0.05, 0) is 45.4 Å². The smallest absolute Gasteiger partial charge is 0.341 e. The normalized spacial score (nSPS) is 11.4. The van der Waals surface area contributed by atoms with Gasteiger partial charge in [-0.1, -0.05) is 30.0 Å². The molecule has 1 amide bonds. The van der Waals surface area contributed by atoms with Gasteiger partial charge in [-0.3, -0.25) is 4.79 Å². The van der Waals surface area contributed by atoms with Gasteiger partial charge in [0.05, 0.1) is 22.8 Å². The molecule has 1 aromatic carbocycles. The van der Waals surface area contributed by atoms with Gasteiger partial charge in [0.15, 0.2) is 15.0 Å². The van der Waals surface area contributed by atoms with Gasteiger partial charge in [0.2, 0.25) is 5.91 Å². The number of nitrogens with one attached hydrogen (secondary N) is 1. The first-order valence-corrected chi connectivity index (χ1v) is 14.0. The summed E-state index contributed by atoms with van der Waals surface area (Å²) in [6.45, 7) is 7.97. The summed E-state index contributed by atoms with van der Waals surface area (Å²) in [6, 6.07) is 8.17. The van der Waals surface area contributed by atoms with Crippen molar-refractivity contribution in [3.8, 4) is 0 Å². The topological polar surface area (TPSA) is 120 Å². The molecule has 2 aromatic heterocycles. The van der Waals surface area contributed by atoms with Crippen LogP contribution in [0, 0.1) is 13.8 Å². The number of rotatable bonds is 10. The predicted octanol–water partition coefficient (Wildman–Crippen LogP) is 3.86. The summed E-state index contributed by atoms with van der Waals surface area (Å²) in [4.78, 5) is 26.1. The van der Waals surface area contributed by atoms with Crippen LogP contribution < -0.4 is 5.32 Å². The minimum absolute atomic E-state index is 0.0157. The summed E-state index contributed by atoms with van der Waals surface area (Å²) in [6.07, 6.45) is 0. The van der Waals surface area contributed by atoms with Crippen LogP contribution in [0.2, 0.25) is 0 Å². The molecule has 2 heterocycles. The Morgan fingerprint density at radius 1 is 1.15 bits per heavy atom. The Hall–Kier alpha value is -2.70. The first-order chi connectivity index (χ1) is 16.2. The van der Waals surface area contributed by atoms with Crippen molar-refractivity contribution in [2.75, 3.05) is 17.7 Å². The molecule has 0 bridgehead atoms. The highest BCUT2D eigenvalue weighted by Crippen LogP contribution is 2.33. The predicted molar refractivity (Wildman–Crippen MR) is 132 cm³/mol. The molecule has 0 aliphatic heterocycles. The summed E-state index contributed by atoms with van der Waals surface area (Å²) in [7, 11) is -3.58. The van der Waals surface area contributed by atoms with Crippen molar-refractivity contribution in [3.63, 3.8) is 0 Å². The lowest BCUT2D eigenvalue weighted by molar-refractivity contribution is -0.113. The lowest BCUT2D eigenvalue weighted by Crippen LogP contribution is -2.17. The van der Waals surface area contributed by atoms with Crippen molar-refractivity contribution in [1.29, 1.82) is 0 Å². The number of ether oxygens (including phenoxy) is 1. The summed E-state index contributed by atoms with van der Waals surface area (Å²) >= 11 is 2.47. The van der Waals surface area contributed by atoms with Gasteiger partial charge in [-0.25, -0.2) is 13.2 Å². The van der Waals surface area contributed by atoms with Crippen molar-refractivity contribution < 1.29 is 22.7 Å². The Morgan fingerprint density at radius 2 is 1.85 bits per heavy atom. The van der Waals surface area contributed by atoms with E-state index in [9.17, 15) is 18.0 Å². The average molecular weight is 523 g/mol. The van der Waals surface area contributed by atoms with Crippen LogP contribution in [0.15, 0.2) is 40.4 Å². The van der Waals surface area contributed by atoms with Crippen molar-refractivity contribution in [2.45, 2.75) is 50.0 Å². The molecule has 0 aliphatic carbocycles. The van der Waals surface area contributed by atoms with Crippen LogP contribution in [-0.4, -0.2) is 47.4 Å². The molecule has 12 heteroatoms. The number of hydrogen-bond acceptors (Lipinski definition) is 9. The SMILES string of the molecule is CCOC(=O)c1c(NC(=O)CSc2nnc(CS(=O)(=O)c3ccccc3)n2CC)sc(C)c1C. The van der Waals surface area contributed by atoms with E-state index in [1.54, 1.807) is 41.8 Å². The maximum Gasteiger partial charge on any atom is 0.341 e. The molecular weight excluding hydrogens is 496 g/mol. The number of amides is 1. The standard InChI is InChI=1S/C22H26N4O5S3/c1-5-26-17(13-34(29,30)16-10-8-7-9-11-16)24-25-22(26)32-12-18(27)23-20-19(21(28)31-6-2)14(3)15(4)33-20/h7-11H,5-6,12-13H2,1-4H3,(H,23,27).